The lowest BCUT2D eigenvalue weighted by atomic mass is 10.1. The number of nitrogens with zero attached hydrogens (tertiary/aromatic N) is 4. The lowest BCUT2D eigenvalue weighted by Crippen LogP contribution is -2.24. The fourth-order valence-electron chi connectivity index (χ4n) is 3.79. The predicted octanol–water partition coefficient (Wildman–Crippen LogP) is 4.15. The smallest absolute Gasteiger partial charge is 0.257 e. The van der Waals surface area contributed by atoms with Crippen molar-refractivity contribution in [3.8, 4) is 22.9 Å². The molecular weight excluding hydrogens is 510 g/mol. The zero-order valence-electron chi connectivity index (χ0n) is 22.2. The molecule has 3 aromatic heterocycles. The van der Waals surface area contributed by atoms with E-state index < -0.39 is 24.1 Å². The third-order valence-corrected chi connectivity index (χ3v) is 6.02. The van der Waals surface area contributed by atoms with Gasteiger partial charge in [0.1, 0.15) is 11.4 Å². The Kier molecular flexibility index (Phi) is 6.98. The molecule has 1 unspecified atom stereocenters. The molecule has 1 atom stereocenters. The van der Waals surface area contributed by atoms with Crippen LogP contribution in [0.5, 0.6) is 11.6 Å². The van der Waals surface area contributed by atoms with E-state index in [-0.39, 0.29) is 41.1 Å². The van der Waals surface area contributed by atoms with E-state index in [4.69, 9.17) is 10.8 Å². The summed E-state index contributed by atoms with van der Waals surface area (Å²) in [6.07, 6.45) is 4.99. The number of rotatable bonds is 10. The second kappa shape index (κ2) is 11.0. The summed E-state index contributed by atoms with van der Waals surface area (Å²) in [4.78, 5) is 33.4. The highest BCUT2D eigenvalue weighted by atomic mass is 19.1. The van der Waals surface area contributed by atoms with Crippen LogP contribution >= 0.6 is 0 Å². The average Bonchev–Trinajstić information content (AvgIpc) is 3.72. The number of carbonyl (C=O) groups excluding carboxylic acids is 2. The van der Waals surface area contributed by atoms with Crippen LogP contribution in [-0.2, 0) is 11.3 Å². The molecule has 2 amide bonds. The number of methoxy groups -OCH3 is 1. The molecule has 5 rings (SSSR count). The summed E-state index contributed by atoms with van der Waals surface area (Å²) >= 11 is 0. The number of amides is 2. The van der Waals surface area contributed by atoms with Crippen LogP contribution < -0.4 is 20.1 Å². The van der Waals surface area contributed by atoms with Gasteiger partial charge in [0.25, 0.3) is 5.91 Å². The molecule has 4 aromatic rings. The van der Waals surface area contributed by atoms with Gasteiger partial charge in [-0.25, -0.2) is 23.3 Å². The molecule has 1 saturated carbocycles. The summed E-state index contributed by atoms with van der Waals surface area (Å²) in [5.74, 6) is -2.43. The third kappa shape index (κ3) is 5.95. The average molecular weight is 538 g/mol. The highest BCUT2D eigenvalue weighted by Crippen LogP contribution is 2.32. The first-order valence-electron chi connectivity index (χ1n) is 12.9. The third-order valence-electron chi connectivity index (χ3n) is 6.02. The molecule has 1 aliphatic carbocycles. The largest absolute Gasteiger partial charge is 0.490 e. The van der Waals surface area contributed by atoms with Gasteiger partial charge in [-0.05, 0) is 43.0 Å². The van der Waals surface area contributed by atoms with Crippen molar-refractivity contribution in [2.75, 3.05) is 19.0 Å². The van der Waals surface area contributed by atoms with Gasteiger partial charge in [0.05, 0.1) is 27.0 Å². The number of pyridine rings is 1. The number of nitrogens with one attached hydrogen (secondary N) is 2. The molecule has 1 fully saturated rings. The van der Waals surface area contributed by atoms with Crippen molar-refractivity contribution in [3.05, 3.63) is 65.5 Å². The number of aromatic nitrogens is 4. The number of halogens is 2. The topological polar surface area (TPSA) is 120 Å². The van der Waals surface area contributed by atoms with Gasteiger partial charge in [0.15, 0.2) is 23.0 Å². The van der Waals surface area contributed by atoms with E-state index in [0.717, 1.165) is 18.9 Å². The van der Waals surface area contributed by atoms with Gasteiger partial charge in [-0.1, -0.05) is 6.92 Å². The van der Waals surface area contributed by atoms with Gasteiger partial charge in [-0.15, -0.1) is 0 Å². The summed E-state index contributed by atoms with van der Waals surface area (Å²) in [5.41, 5.74) is 1.59. The maximum Gasteiger partial charge on any atom is 0.257 e. The van der Waals surface area contributed by atoms with Crippen LogP contribution in [0.4, 0.5) is 14.6 Å². The number of fused-ring (bicyclic) bond motifs is 1. The molecular formula is C27H26F2N6O4. The number of benzene rings is 1. The molecule has 3 heterocycles. The molecule has 1 aliphatic rings. The first-order chi connectivity index (χ1) is 19.2. The van der Waals surface area contributed by atoms with Gasteiger partial charge in [0.2, 0.25) is 11.8 Å². The zero-order chi connectivity index (χ0) is 28.4. The molecule has 0 aliphatic heterocycles. The standard InChI is InChI=1S/C27H26F2N6O4/c1-3-24(36)33-22-13-35-23(32-22)7-6-21(34-35)16-9-19(27(38-2)31-11-16)26(37)30-12-17-8-18(28)10-20(29)25(17)39-14-15-4-5-15/h6-11,13,15H,3-5,12,14H2,1-2H3,(H,30,37)(H,33,36)/i14D. The summed E-state index contributed by atoms with van der Waals surface area (Å²) in [6.45, 7) is 0.491. The number of hydrogen-bond acceptors (Lipinski definition) is 7. The zero-order valence-corrected chi connectivity index (χ0v) is 21.2. The van der Waals surface area contributed by atoms with Crippen molar-refractivity contribution in [3.63, 3.8) is 0 Å². The molecule has 39 heavy (non-hydrogen) atoms. The van der Waals surface area contributed by atoms with Crippen molar-refractivity contribution in [1.29, 1.82) is 0 Å². The lowest BCUT2D eigenvalue weighted by Gasteiger charge is -2.14. The Morgan fingerprint density at radius 3 is 2.79 bits per heavy atom. The molecule has 0 saturated heterocycles. The molecule has 0 spiro atoms. The van der Waals surface area contributed by atoms with Crippen molar-refractivity contribution in [1.82, 2.24) is 24.9 Å². The minimum atomic E-state index is -0.977. The summed E-state index contributed by atoms with van der Waals surface area (Å²) < 4.78 is 48.8. The summed E-state index contributed by atoms with van der Waals surface area (Å²) in [7, 11) is 1.36. The maximum absolute atomic E-state index is 14.5. The van der Waals surface area contributed by atoms with Gasteiger partial charge in [0, 0.05) is 36.4 Å². The van der Waals surface area contributed by atoms with E-state index in [2.05, 4.69) is 25.7 Å². The Bertz CT molecular complexity index is 1590. The molecule has 12 heteroatoms. The van der Waals surface area contributed by atoms with Crippen LogP contribution in [0.3, 0.4) is 0 Å². The number of hydrogen-bond donors (Lipinski definition) is 2. The van der Waals surface area contributed by atoms with E-state index in [1.54, 1.807) is 25.3 Å². The van der Waals surface area contributed by atoms with E-state index in [0.29, 0.717) is 35.2 Å². The molecule has 10 nitrogen and oxygen atoms in total. The molecule has 1 aromatic carbocycles. The molecule has 0 radical (unpaired) electrons. The SMILES string of the molecule is [2H]C(Oc1c(F)cc(F)cc1CNC(=O)c1cc(-c2ccc3nc(NC(=O)CC)cn3n2)cnc1OC)C1CC1. The lowest BCUT2D eigenvalue weighted by molar-refractivity contribution is -0.115. The molecule has 2 N–H and O–H groups in total. The van der Waals surface area contributed by atoms with Gasteiger partial charge in [-0.2, -0.15) is 5.10 Å². The maximum atomic E-state index is 14.5. The van der Waals surface area contributed by atoms with Crippen molar-refractivity contribution < 1.29 is 29.2 Å². The fraction of sp³-hybridized carbons (Fsp3) is 0.296. The Morgan fingerprint density at radius 2 is 2.05 bits per heavy atom. The fourth-order valence-corrected chi connectivity index (χ4v) is 3.79. The normalized spacial score (nSPS) is 14.0. The van der Waals surface area contributed by atoms with Crippen LogP contribution in [0, 0.1) is 17.6 Å². The van der Waals surface area contributed by atoms with Crippen LogP contribution in [0.25, 0.3) is 16.9 Å². The van der Waals surface area contributed by atoms with Crippen LogP contribution in [0.2, 0.25) is 0 Å². The van der Waals surface area contributed by atoms with Gasteiger partial charge >= 0.3 is 0 Å². The second-order valence-corrected chi connectivity index (χ2v) is 8.98. The predicted molar refractivity (Wildman–Crippen MR) is 137 cm³/mol. The van der Waals surface area contributed by atoms with Crippen molar-refractivity contribution in [2.24, 2.45) is 5.92 Å². The Morgan fingerprint density at radius 1 is 1.23 bits per heavy atom. The Hall–Kier alpha value is -4.61. The highest BCUT2D eigenvalue weighted by molar-refractivity contribution is 5.97. The summed E-state index contributed by atoms with van der Waals surface area (Å²) in [5, 5.41) is 9.81. The second-order valence-electron chi connectivity index (χ2n) is 8.98. The van der Waals surface area contributed by atoms with E-state index >= 15 is 0 Å². The first kappa shape index (κ1) is 24.7. The van der Waals surface area contributed by atoms with E-state index in [1.165, 1.54) is 23.9 Å². The van der Waals surface area contributed by atoms with Crippen molar-refractivity contribution in [2.45, 2.75) is 32.7 Å². The summed E-state index contributed by atoms with van der Waals surface area (Å²) in [6, 6.07) is 6.67. The van der Waals surface area contributed by atoms with Gasteiger partial charge < -0.3 is 20.1 Å². The van der Waals surface area contributed by atoms with Crippen LogP contribution in [0.1, 0.15) is 43.5 Å². The first-order valence-corrected chi connectivity index (χ1v) is 12.3. The Labute approximate surface area is 223 Å². The number of carbonyl (C=O) groups is 2. The minimum Gasteiger partial charge on any atom is -0.490 e. The number of imidazole rings is 1. The van der Waals surface area contributed by atoms with Crippen LogP contribution in [0.15, 0.2) is 42.7 Å². The quantitative estimate of drug-likeness (QED) is 0.312. The monoisotopic (exact) mass is 537 g/mol. The van der Waals surface area contributed by atoms with E-state index in [9.17, 15) is 18.4 Å². The Balaban J connectivity index is 1.38. The van der Waals surface area contributed by atoms with Crippen LogP contribution in [-0.4, -0.2) is 45.1 Å². The molecule has 202 valence electrons. The minimum absolute atomic E-state index is 0.00167. The molecule has 0 bridgehead atoms. The number of anilines is 1. The number of ether oxygens (including phenoxy) is 2. The highest BCUT2D eigenvalue weighted by Gasteiger charge is 2.24. The van der Waals surface area contributed by atoms with E-state index in [1.807, 2.05) is 0 Å². The van der Waals surface area contributed by atoms with Crippen molar-refractivity contribution >= 4 is 23.3 Å². The van der Waals surface area contributed by atoms with Gasteiger partial charge in [-0.3, -0.25) is 9.59 Å².